The van der Waals surface area contributed by atoms with E-state index in [0.29, 0.717) is 4.90 Å². The average Bonchev–Trinajstić information content (AvgIpc) is 2.24. The Balaban J connectivity index is 3.32. The highest BCUT2D eigenvalue weighted by atomic mass is 32.2. The van der Waals surface area contributed by atoms with Crippen LogP contribution in [0.3, 0.4) is 0 Å². The lowest BCUT2D eigenvalue weighted by molar-refractivity contribution is -0.137. The second-order valence-electron chi connectivity index (χ2n) is 4.90. The van der Waals surface area contributed by atoms with Gasteiger partial charge >= 0.3 is 6.18 Å². The SMILES string of the molecule is CC(C)(C)Sc1ccc(/C(N)=N/O)c(C(F)(F)F)c1. The number of thioether (sulfide) groups is 1. The van der Waals surface area contributed by atoms with Crippen molar-refractivity contribution >= 4 is 17.6 Å². The van der Waals surface area contributed by atoms with Gasteiger partial charge in [0.1, 0.15) is 0 Å². The molecule has 0 aliphatic heterocycles. The smallest absolute Gasteiger partial charge is 0.409 e. The molecule has 0 unspecified atom stereocenters. The molecular weight excluding hydrogens is 277 g/mol. The summed E-state index contributed by atoms with van der Waals surface area (Å²) >= 11 is 1.32. The highest BCUT2D eigenvalue weighted by Gasteiger charge is 2.35. The van der Waals surface area contributed by atoms with E-state index in [9.17, 15) is 13.2 Å². The Hall–Kier alpha value is -1.37. The molecule has 0 radical (unpaired) electrons. The Labute approximate surface area is 113 Å². The van der Waals surface area contributed by atoms with Crippen LogP contribution in [0.15, 0.2) is 28.3 Å². The van der Waals surface area contributed by atoms with Crippen LogP contribution < -0.4 is 5.73 Å². The fraction of sp³-hybridized carbons (Fsp3) is 0.417. The van der Waals surface area contributed by atoms with Gasteiger partial charge in [0.2, 0.25) is 0 Å². The number of hydrogen-bond acceptors (Lipinski definition) is 3. The summed E-state index contributed by atoms with van der Waals surface area (Å²) in [5.74, 6) is -0.556. The molecule has 1 aromatic rings. The van der Waals surface area contributed by atoms with Gasteiger partial charge in [-0.1, -0.05) is 25.9 Å². The number of alkyl halides is 3. The monoisotopic (exact) mass is 292 g/mol. The van der Waals surface area contributed by atoms with Crippen molar-refractivity contribution in [1.29, 1.82) is 0 Å². The Morgan fingerprint density at radius 2 is 1.84 bits per heavy atom. The number of rotatable bonds is 2. The molecule has 0 amide bonds. The van der Waals surface area contributed by atoms with E-state index in [2.05, 4.69) is 5.16 Å². The van der Waals surface area contributed by atoms with Crippen molar-refractivity contribution in [2.24, 2.45) is 10.9 Å². The summed E-state index contributed by atoms with van der Waals surface area (Å²) in [4.78, 5) is 0.481. The van der Waals surface area contributed by atoms with Crippen LogP contribution in [0.1, 0.15) is 31.9 Å². The van der Waals surface area contributed by atoms with Crippen molar-refractivity contribution in [2.75, 3.05) is 0 Å². The Bertz CT molecular complexity index is 493. The van der Waals surface area contributed by atoms with Gasteiger partial charge in [0, 0.05) is 15.2 Å². The molecule has 3 N–H and O–H groups in total. The maximum atomic E-state index is 13.0. The summed E-state index contributed by atoms with van der Waals surface area (Å²) in [6.45, 7) is 5.72. The summed E-state index contributed by atoms with van der Waals surface area (Å²) in [5, 5.41) is 11.1. The van der Waals surface area contributed by atoms with Gasteiger partial charge in [0.15, 0.2) is 5.84 Å². The van der Waals surface area contributed by atoms with Crippen molar-refractivity contribution in [3.05, 3.63) is 29.3 Å². The minimum Gasteiger partial charge on any atom is -0.409 e. The summed E-state index contributed by atoms with van der Waals surface area (Å²) in [6, 6.07) is 3.76. The van der Waals surface area contributed by atoms with Crippen LogP contribution in [0.5, 0.6) is 0 Å². The lowest BCUT2D eigenvalue weighted by Crippen LogP contribution is -2.20. The van der Waals surface area contributed by atoms with Gasteiger partial charge in [-0.2, -0.15) is 13.2 Å². The van der Waals surface area contributed by atoms with Crippen LogP contribution in [-0.2, 0) is 6.18 Å². The molecule has 0 heterocycles. The zero-order chi connectivity index (χ0) is 14.8. The third kappa shape index (κ3) is 4.34. The lowest BCUT2D eigenvalue weighted by Gasteiger charge is -2.19. The van der Waals surface area contributed by atoms with Crippen molar-refractivity contribution < 1.29 is 18.4 Å². The second-order valence-corrected chi connectivity index (χ2v) is 6.81. The first-order valence-corrected chi connectivity index (χ1v) is 6.24. The normalized spacial score (nSPS) is 13.7. The number of amidine groups is 1. The van der Waals surface area contributed by atoms with Gasteiger partial charge in [-0.25, -0.2) is 0 Å². The Morgan fingerprint density at radius 3 is 2.26 bits per heavy atom. The van der Waals surface area contributed by atoms with Crippen molar-refractivity contribution in [1.82, 2.24) is 0 Å². The minimum absolute atomic E-state index is 0.207. The average molecular weight is 292 g/mol. The third-order valence-corrected chi connectivity index (χ3v) is 3.21. The largest absolute Gasteiger partial charge is 0.417 e. The Kier molecular flexibility index (Phi) is 4.39. The minimum atomic E-state index is -4.56. The summed E-state index contributed by atoms with van der Waals surface area (Å²) in [5.41, 5.74) is 4.03. The van der Waals surface area contributed by atoms with E-state index in [1.54, 1.807) is 0 Å². The van der Waals surface area contributed by atoms with E-state index in [4.69, 9.17) is 10.9 Å². The van der Waals surface area contributed by atoms with Crippen LogP contribution in [-0.4, -0.2) is 15.8 Å². The molecule has 3 nitrogen and oxygen atoms in total. The quantitative estimate of drug-likeness (QED) is 0.287. The predicted octanol–water partition coefficient (Wildman–Crippen LogP) is 3.69. The standard InChI is InChI=1S/C12H15F3N2OS/c1-11(2,3)19-7-4-5-8(10(16)17-18)9(6-7)12(13,14)15/h4-6,18H,1-3H3,(H2,16,17). The molecule has 0 fully saturated rings. The highest BCUT2D eigenvalue weighted by Crippen LogP contribution is 2.38. The fourth-order valence-electron chi connectivity index (χ4n) is 1.45. The summed E-state index contributed by atoms with van der Waals surface area (Å²) in [7, 11) is 0. The molecule has 19 heavy (non-hydrogen) atoms. The van der Waals surface area contributed by atoms with Gasteiger partial charge in [0.25, 0.3) is 0 Å². The molecule has 0 bridgehead atoms. The fourth-order valence-corrected chi connectivity index (χ4v) is 2.47. The number of nitrogens with two attached hydrogens (primary N) is 1. The maximum Gasteiger partial charge on any atom is 0.417 e. The first-order valence-electron chi connectivity index (χ1n) is 5.43. The molecule has 0 aromatic heterocycles. The van der Waals surface area contributed by atoms with E-state index in [1.165, 1.54) is 23.9 Å². The molecule has 0 spiro atoms. The number of hydrogen-bond donors (Lipinski definition) is 2. The maximum absolute atomic E-state index is 13.0. The van der Waals surface area contributed by atoms with E-state index in [1.807, 2.05) is 20.8 Å². The number of benzene rings is 1. The topological polar surface area (TPSA) is 58.6 Å². The number of halogens is 3. The van der Waals surface area contributed by atoms with Crippen molar-refractivity contribution in [3.8, 4) is 0 Å². The van der Waals surface area contributed by atoms with E-state index in [-0.39, 0.29) is 10.3 Å². The molecule has 0 aliphatic rings. The molecule has 106 valence electrons. The van der Waals surface area contributed by atoms with Crippen LogP contribution in [0, 0.1) is 0 Å². The summed E-state index contributed by atoms with van der Waals surface area (Å²) < 4.78 is 38.7. The Morgan fingerprint density at radius 1 is 1.26 bits per heavy atom. The van der Waals surface area contributed by atoms with Gasteiger partial charge in [0.05, 0.1) is 5.56 Å². The van der Waals surface area contributed by atoms with Crippen LogP contribution in [0.4, 0.5) is 13.2 Å². The number of oxime groups is 1. The van der Waals surface area contributed by atoms with Gasteiger partial charge in [-0.05, 0) is 18.2 Å². The molecule has 0 aliphatic carbocycles. The molecule has 0 saturated carbocycles. The van der Waals surface area contributed by atoms with Gasteiger partial charge in [-0.3, -0.25) is 0 Å². The van der Waals surface area contributed by atoms with Crippen molar-refractivity contribution in [3.63, 3.8) is 0 Å². The van der Waals surface area contributed by atoms with E-state index >= 15 is 0 Å². The van der Waals surface area contributed by atoms with Gasteiger partial charge < -0.3 is 10.9 Å². The second kappa shape index (κ2) is 5.32. The van der Waals surface area contributed by atoms with Crippen LogP contribution in [0.2, 0.25) is 0 Å². The van der Waals surface area contributed by atoms with E-state index in [0.717, 1.165) is 6.07 Å². The van der Waals surface area contributed by atoms with Crippen LogP contribution >= 0.6 is 11.8 Å². The highest BCUT2D eigenvalue weighted by molar-refractivity contribution is 8.00. The van der Waals surface area contributed by atoms with Crippen molar-refractivity contribution in [2.45, 2.75) is 36.6 Å². The first-order chi connectivity index (χ1) is 8.54. The molecule has 0 saturated heterocycles. The molecule has 7 heteroatoms. The van der Waals surface area contributed by atoms with Crippen LogP contribution in [0.25, 0.3) is 0 Å². The lowest BCUT2D eigenvalue weighted by atomic mass is 10.1. The predicted molar refractivity (Wildman–Crippen MR) is 69.6 cm³/mol. The first kappa shape index (κ1) is 15.7. The van der Waals surface area contributed by atoms with Gasteiger partial charge in [-0.15, -0.1) is 11.8 Å². The summed E-state index contributed by atoms with van der Waals surface area (Å²) in [6.07, 6.45) is -4.56. The molecule has 1 rings (SSSR count). The zero-order valence-corrected chi connectivity index (χ0v) is 11.6. The molecule has 1 aromatic carbocycles. The molecule has 0 atom stereocenters. The zero-order valence-electron chi connectivity index (χ0n) is 10.7. The van der Waals surface area contributed by atoms with E-state index < -0.39 is 17.6 Å². The number of nitrogens with zero attached hydrogens (tertiary/aromatic N) is 1. The third-order valence-electron chi connectivity index (χ3n) is 2.10. The molecular formula is C12H15F3N2OS.